The molecule has 1 saturated carbocycles. The molecule has 1 saturated heterocycles. The highest BCUT2D eigenvalue weighted by Crippen LogP contribution is 2.33. The smallest absolute Gasteiger partial charge is 0.357 e. The minimum atomic E-state index is -1.41. The third kappa shape index (κ3) is 3.81. The third-order valence-corrected chi connectivity index (χ3v) is 6.79. The molecule has 0 atom stereocenters. The van der Waals surface area contributed by atoms with E-state index in [0.717, 1.165) is 10.1 Å². The highest BCUT2D eigenvalue weighted by Gasteiger charge is 2.36. The fourth-order valence-corrected chi connectivity index (χ4v) is 4.91. The molecule has 33 heavy (non-hydrogen) atoms. The number of aromatic amines is 1. The van der Waals surface area contributed by atoms with Gasteiger partial charge in [0.25, 0.3) is 11.5 Å². The molecule has 0 bridgehead atoms. The van der Waals surface area contributed by atoms with Gasteiger partial charge in [-0.25, -0.2) is 4.79 Å². The van der Waals surface area contributed by atoms with Gasteiger partial charge in [-0.3, -0.25) is 14.0 Å². The molecule has 2 N–H and O–H groups in total. The Kier molecular flexibility index (Phi) is 5.47. The van der Waals surface area contributed by atoms with Crippen LogP contribution >= 0.6 is 0 Å². The third-order valence-electron chi connectivity index (χ3n) is 6.79. The van der Waals surface area contributed by atoms with E-state index in [4.69, 9.17) is 0 Å². The molecule has 172 valence electrons. The van der Waals surface area contributed by atoms with Gasteiger partial charge in [0, 0.05) is 25.1 Å². The Hall–Kier alpha value is -3.49. The Balaban J connectivity index is 1.54. The maximum Gasteiger partial charge on any atom is 0.357 e. The van der Waals surface area contributed by atoms with Gasteiger partial charge in [0.05, 0.1) is 12.4 Å². The van der Waals surface area contributed by atoms with Gasteiger partial charge in [-0.2, -0.15) is 9.61 Å². The first-order valence-corrected chi connectivity index (χ1v) is 11.3. The fourth-order valence-electron chi connectivity index (χ4n) is 4.91. The summed E-state index contributed by atoms with van der Waals surface area (Å²) in [7, 11) is 0. The van der Waals surface area contributed by atoms with Gasteiger partial charge >= 0.3 is 5.97 Å². The normalized spacial score (nSPS) is 17.3. The van der Waals surface area contributed by atoms with Crippen molar-refractivity contribution < 1.29 is 19.1 Å². The van der Waals surface area contributed by atoms with E-state index >= 15 is 0 Å². The highest BCUT2D eigenvalue weighted by atomic mass is 19.1. The number of nitrogens with zero attached hydrogens (tertiary/aromatic N) is 3. The van der Waals surface area contributed by atoms with Crippen LogP contribution in [0.5, 0.6) is 0 Å². The van der Waals surface area contributed by atoms with Crippen LogP contribution in [0.2, 0.25) is 0 Å². The molecule has 3 heterocycles. The Morgan fingerprint density at radius 1 is 1.12 bits per heavy atom. The summed E-state index contributed by atoms with van der Waals surface area (Å²) < 4.78 is 13.7. The summed E-state index contributed by atoms with van der Waals surface area (Å²) in [4.78, 5) is 42.0. The van der Waals surface area contributed by atoms with Crippen molar-refractivity contribution >= 4 is 17.5 Å². The molecule has 0 unspecified atom stereocenters. The average molecular weight is 452 g/mol. The Morgan fingerprint density at radius 2 is 1.82 bits per heavy atom. The van der Waals surface area contributed by atoms with E-state index in [0.29, 0.717) is 11.6 Å². The van der Waals surface area contributed by atoms with Crippen LogP contribution in [0.4, 0.5) is 4.39 Å². The molecule has 1 aromatic carbocycles. The molecular formula is C24H25FN4O4. The maximum absolute atomic E-state index is 13.0. The van der Waals surface area contributed by atoms with Crippen molar-refractivity contribution in [1.29, 1.82) is 0 Å². The number of hydrogen-bond donors (Lipinski definition) is 2. The number of carboxylic acids is 1. The van der Waals surface area contributed by atoms with Gasteiger partial charge in [-0.05, 0) is 29.9 Å². The summed E-state index contributed by atoms with van der Waals surface area (Å²) in [5.41, 5.74) is 1.31. The lowest BCUT2D eigenvalue weighted by Crippen LogP contribution is -2.51. The number of carboxylic acid groups (broad SMARTS) is 1. The van der Waals surface area contributed by atoms with Crippen LogP contribution in [0.25, 0.3) is 16.9 Å². The van der Waals surface area contributed by atoms with Crippen LogP contribution < -0.4 is 5.56 Å². The zero-order valence-corrected chi connectivity index (χ0v) is 18.1. The highest BCUT2D eigenvalue weighted by molar-refractivity contribution is 6.08. The molecule has 5 rings (SSSR count). The monoisotopic (exact) mass is 452 g/mol. The van der Waals surface area contributed by atoms with Crippen molar-refractivity contribution in [2.24, 2.45) is 5.92 Å². The summed E-state index contributed by atoms with van der Waals surface area (Å²) in [6.45, 7) is -0.126. The molecule has 1 aliphatic carbocycles. The topological polar surface area (TPSA) is 108 Å². The SMILES string of the molecule is O=C(O)c1nn2c(=O)cc(-c3ccc(C4CCCCC4)cc3)[nH]c2c1C(=O)N1CC(CF)C1. The summed E-state index contributed by atoms with van der Waals surface area (Å²) in [6.07, 6.45) is 6.13. The first kappa shape index (κ1) is 21.4. The number of alkyl halides is 1. The first-order chi connectivity index (χ1) is 16.0. The summed E-state index contributed by atoms with van der Waals surface area (Å²) in [5, 5.41) is 13.5. The van der Waals surface area contributed by atoms with E-state index in [-0.39, 0.29) is 30.2 Å². The van der Waals surface area contributed by atoms with Crippen molar-refractivity contribution in [2.75, 3.05) is 19.8 Å². The first-order valence-electron chi connectivity index (χ1n) is 11.3. The standard InChI is InChI=1S/C24H25FN4O4/c25-11-14-12-28(13-14)23(31)20-21(24(32)33)27-29-19(30)10-18(26-22(20)29)17-8-6-16(7-9-17)15-4-2-1-3-5-15/h6-10,14-15,26H,1-5,11-13H2,(H,32,33). The van der Waals surface area contributed by atoms with Crippen LogP contribution in [0.1, 0.15) is 64.4 Å². The van der Waals surface area contributed by atoms with Crippen molar-refractivity contribution in [3.63, 3.8) is 0 Å². The number of aromatic nitrogens is 3. The van der Waals surface area contributed by atoms with E-state index in [1.807, 2.05) is 12.1 Å². The minimum absolute atomic E-state index is 0.0277. The number of carbonyl (C=O) groups excluding carboxylic acids is 1. The number of amides is 1. The predicted molar refractivity (Wildman–Crippen MR) is 119 cm³/mol. The molecule has 2 aromatic heterocycles. The van der Waals surface area contributed by atoms with Crippen molar-refractivity contribution in [2.45, 2.75) is 38.0 Å². The number of carbonyl (C=O) groups is 2. The quantitative estimate of drug-likeness (QED) is 0.616. The summed E-state index contributed by atoms with van der Waals surface area (Å²) in [6, 6.07) is 9.34. The molecule has 0 radical (unpaired) electrons. The minimum Gasteiger partial charge on any atom is -0.476 e. The lowest BCUT2D eigenvalue weighted by atomic mass is 9.84. The van der Waals surface area contributed by atoms with Gasteiger partial charge in [0.2, 0.25) is 0 Å². The zero-order valence-electron chi connectivity index (χ0n) is 18.1. The lowest BCUT2D eigenvalue weighted by molar-refractivity contribution is 0.0447. The number of nitrogens with one attached hydrogen (secondary N) is 1. The molecule has 0 spiro atoms. The lowest BCUT2D eigenvalue weighted by Gasteiger charge is -2.37. The molecule has 2 fully saturated rings. The van der Waals surface area contributed by atoms with Gasteiger partial charge in [0.1, 0.15) is 5.56 Å². The second-order valence-electron chi connectivity index (χ2n) is 9.00. The van der Waals surface area contributed by atoms with Gasteiger partial charge in [-0.1, -0.05) is 43.5 Å². The maximum atomic E-state index is 13.0. The summed E-state index contributed by atoms with van der Waals surface area (Å²) in [5.74, 6) is -1.68. The number of aromatic carboxylic acids is 1. The second kappa shape index (κ2) is 8.46. The van der Waals surface area contributed by atoms with E-state index < -0.39 is 29.8 Å². The molecule has 1 aliphatic heterocycles. The Bertz CT molecular complexity index is 1270. The molecule has 8 nitrogen and oxygen atoms in total. The van der Waals surface area contributed by atoms with Crippen LogP contribution in [-0.2, 0) is 0 Å². The second-order valence-corrected chi connectivity index (χ2v) is 9.00. The molecule has 2 aliphatic rings. The van der Waals surface area contributed by atoms with Gasteiger partial charge in [-0.15, -0.1) is 0 Å². The van der Waals surface area contributed by atoms with Gasteiger partial charge in [0.15, 0.2) is 11.3 Å². The van der Waals surface area contributed by atoms with Gasteiger partial charge < -0.3 is 15.0 Å². The van der Waals surface area contributed by atoms with Crippen LogP contribution in [-0.4, -0.2) is 56.2 Å². The molecule has 9 heteroatoms. The van der Waals surface area contributed by atoms with Crippen molar-refractivity contribution in [3.05, 3.63) is 57.5 Å². The number of halogens is 1. The van der Waals surface area contributed by atoms with E-state index in [9.17, 15) is 23.9 Å². The number of fused-ring (bicyclic) bond motifs is 1. The van der Waals surface area contributed by atoms with Crippen molar-refractivity contribution in [1.82, 2.24) is 19.5 Å². The average Bonchev–Trinajstić information content (AvgIpc) is 3.19. The number of H-pyrrole nitrogens is 1. The molecular weight excluding hydrogens is 427 g/mol. The summed E-state index contributed by atoms with van der Waals surface area (Å²) >= 11 is 0. The van der Waals surface area contributed by atoms with E-state index in [1.165, 1.54) is 48.6 Å². The van der Waals surface area contributed by atoms with E-state index in [1.54, 1.807) is 0 Å². The number of rotatable bonds is 5. The molecule has 3 aromatic rings. The van der Waals surface area contributed by atoms with Crippen LogP contribution in [0, 0.1) is 5.92 Å². The Morgan fingerprint density at radius 3 is 2.45 bits per heavy atom. The zero-order chi connectivity index (χ0) is 23.1. The van der Waals surface area contributed by atoms with E-state index in [2.05, 4.69) is 22.2 Å². The number of hydrogen-bond acceptors (Lipinski definition) is 4. The largest absolute Gasteiger partial charge is 0.476 e. The van der Waals surface area contributed by atoms with Crippen LogP contribution in [0.15, 0.2) is 35.1 Å². The van der Waals surface area contributed by atoms with Crippen LogP contribution in [0.3, 0.4) is 0 Å². The molecule has 1 amide bonds. The fraction of sp³-hybridized carbons (Fsp3) is 0.417. The number of benzene rings is 1. The Labute approximate surface area is 189 Å². The number of likely N-dealkylation sites (tertiary alicyclic amines) is 1. The predicted octanol–water partition coefficient (Wildman–Crippen LogP) is 3.48. The van der Waals surface area contributed by atoms with Crippen molar-refractivity contribution in [3.8, 4) is 11.3 Å².